The van der Waals surface area contributed by atoms with Gasteiger partial charge in [0.25, 0.3) is 10.0 Å². The van der Waals surface area contributed by atoms with Crippen molar-refractivity contribution in [3.05, 3.63) is 60.1 Å². The van der Waals surface area contributed by atoms with Gasteiger partial charge in [0.15, 0.2) is 0 Å². The third kappa shape index (κ3) is 3.15. The van der Waals surface area contributed by atoms with Gasteiger partial charge in [0, 0.05) is 42.6 Å². The summed E-state index contributed by atoms with van der Waals surface area (Å²) >= 11 is 5.89. The topological polar surface area (TPSA) is 87.6 Å². The molecule has 0 spiro atoms. The molecule has 0 N–H and O–H groups in total. The Morgan fingerprint density at radius 3 is 2.07 bits per heavy atom. The van der Waals surface area contributed by atoms with Gasteiger partial charge in [-0.25, -0.2) is 0 Å². The molecule has 0 radical (unpaired) electrons. The summed E-state index contributed by atoms with van der Waals surface area (Å²) in [6, 6.07) is 7.68. The van der Waals surface area contributed by atoms with Gasteiger partial charge in [0.1, 0.15) is 0 Å². The standard InChI is InChI=1S/C17H15ClN6O2S/c1-22-10-12(8-19-22)16-7-17(13-9-20-23(2)11-13)24(21-16)27(25,26)15-5-3-14(18)4-6-15/h3-11H,1-2H3. The van der Waals surface area contributed by atoms with Crippen molar-refractivity contribution >= 4 is 21.6 Å². The van der Waals surface area contributed by atoms with Gasteiger partial charge < -0.3 is 0 Å². The molecule has 0 amide bonds. The second-order valence-corrected chi connectivity index (χ2v) is 8.23. The molecule has 10 heteroatoms. The van der Waals surface area contributed by atoms with Crippen molar-refractivity contribution in [2.24, 2.45) is 14.1 Å². The molecule has 0 saturated heterocycles. The van der Waals surface area contributed by atoms with E-state index in [0.29, 0.717) is 27.5 Å². The van der Waals surface area contributed by atoms with Crippen LogP contribution in [0.4, 0.5) is 0 Å². The first-order valence-corrected chi connectivity index (χ1v) is 9.75. The number of hydrogen-bond acceptors (Lipinski definition) is 5. The third-order valence-electron chi connectivity index (χ3n) is 4.02. The molecule has 1 aromatic carbocycles. The fourth-order valence-electron chi connectivity index (χ4n) is 2.70. The van der Waals surface area contributed by atoms with Crippen molar-refractivity contribution in [1.82, 2.24) is 28.7 Å². The van der Waals surface area contributed by atoms with E-state index in [1.807, 2.05) is 0 Å². The van der Waals surface area contributed by atoms with Crippen LogP contribution in [0.2, 0.25) is 5.02 Å². The smallest absolute Gasteiger partial charge is 0.275 e. The number of halogens is 1. The fraction of sp³-hybridized carbons (Fsp3) is 0.118. The lowest BCUT2D eigenvalue weighted by Crippen LogP contribution is -2.15. The monoisotopic (exact) mass is 402 g/mol. The average Bonchev–Trinajstić information content (AvgIpc) is 3.34. The minimum absolute atomic E-state index is 0.0953. The van der Waals surface area contributed by atoms with Crippen LogP contribution in [0.5, 0.6) is 0 Å². The zero-order valence-corrected chi connectivity index (χ0v) is 16.1. The Balaban J connectivity index is 1.92. The van der Waals surface area contributed by atoms with Crippen LogP contribution >= 0.6 is 11.6 Å². The van der Waals surface area contributed by atoms with Gasteiger partial charge in [0.05, 0.1) is 28.7 Å². The summed E-state index contributed by atoms with van der Waals surface area (Å²) in [7, 11) is -0.374. The van der Waals surface area contributed by atoms with Crippen LogP contribution in [-0.4, -0.2) is 37.2 Å². The van der Waals surface area contributed by atoms with Crippen LogP contribution in [0.1, 0.15) is 0 Å². The average molecular weight is 403 g/mol. The van der Waals surface area contributed by atoms with Crippen LogP contribution in [0.25, 0.3) is 22.5 Å². The molecule has 0 bridgehead atoms. The predicted octanol–water partition coefficient (Wildman–Crippen LogP) is 2.57. The molecule has 0 aliphatic rings. The first-order valence-electron chi connectivity index (χ1n) is 7.94. The van der Waals surface area contributed by atoms with E-state index < -0.39 is 10.0 Å². The Kier molecular flexibility index (Phi) is 4.12. The molecule has 138 valence electrons. The Morgan fingerprint density at radius 2 is 1.52 bits per heavy atom. The van der Waals surface area contributed by atoms with Gasteiger partial charge >= 0.3 is 0 Å². The number of hydrogen-bond donors (Lipinski definition) is 0. The van der Waals surface area contributed by atoms with Crippen LogP contribution < -0.4 is 0 Å². The summed E-state index contributed by atoms with van der Waals surface area (Å²) in [5.74, 6) is 0. The van der Waals surface area contributed by atoms with Crippen LogP contribution in [-0.2, 0) is 24.1 Å². The summed E-state index contributed by atoms with van der Waals surface area (Å²) < 4.78 is 30.7. The predicted molar refractivity (Wildman–Crippen MR) is 101 cm³/mol. The van der Waals surface area contributed by atoms with Gasteiger partial charge in [-0.15, -0.1) is 0 Å². The van der Waals surface area contributed by atoms with Gasteiger partial charge in [-0.3, -0.25) is 9.36 Å². The molecule has 0 atom stereocenters. The Hall–Kier alpha value is -2.91. The number of rotatable bonds is 4. The maximum Gasteiger partial charge on any atom is 0.283 e. The summed E-state index contributed by atoms with van der Waals surface area (Å²) in [5.41, 5.74) is 2.27. The van der Waals surface area contributed by atoms with Crippen LogP contribution in [0.15, 0.2) is 60.0 Å². The lowest BCUT2D eigenvalue weighted by atomic mass is 10.2. The van der Waals surface area contributed by atoms with Gasteiger partial charge in [-0.1, -0.05) is 11.6 Å². The Morgan fingerprint density at radius 1 is 0.926 bits per heavy atom. The summed E-state index contributed by atoms with van der Waals surface area (Å²) in [5, 5.41) is 13.1. The first kappa shape index (κ1) is 17.5. The molecule has 4 rings (SSSR count). The lowest BCUT2D eigenvalue weighted by molar-refractivity contribution is 0.581. The zero-order chi connectivity index (χ0) is 19.2. The summed E-state index contributed by atoms with van der Waals surface area (Å²) in [6.07, 6.45) is 6.74. The molecule has 27 heavy (non-hydrogen) atoms. The highest BCUT2D eigenvalue weighted by molar-refractivity contribution is 7.90. The van der Waals surface area contributed by atoms with Crippen molar-refractivity contribution in [1.29, 1.82) is 0 Å². The molecule has 4 aromatic rings. The van der Waals surface area contributed by atoms with E-state index in [0.717, 1.165) is 4.09 Å². The van der Waals surface area contributed by atoms with Crippen molar-refractivity contribution in [3.8, 4) is 22.5 Å². The maximum atomic E-state index is 13.2. The highest BCUT2D eigenvalue weighted by atomic mass is 35.5. The number of aryl methyl sites for hydroxylation is 2. The highest BCUT2D eigenvalue weighted by Gasteiger charge is 2.25. The molecule has 0 unspecified atom stereocenters. The first-order chi connectivity index (χ1) is 12.8. The zero-order valence-electron chi connectivity index (χ0n) is 14.5. The number of nitrogens with zero attached hydrogens (tertiary/aromatic N) is 6. The van der Waals surface area contributed by atoms with E-state index in [1.165, 1.54) is 24.3 Å². The fourth-order valence-corrected chi connectivity index (χ4v) is 4.11. The minimum atomic E-state index is -3.92. The van der Waals surface area contributed by atoms with Crippen molar-refractivity contribution < 1.29 is 8.42 Å². The normalized spacial score (nSPS) is 11.8. The molecule has 3 heterocycles. The summed E-state index contributed by atoms with van der Waals surface area (Å²) in [6.45, 7) is 0. The summed E-state index contributed by atoms with van der Waals surface area (Å²) in [4.78, 5) is 0.0953. The number of aromatic nitrogens is 6. The second kappa shape index (κ2) is 6.36. The SMILES string of the molecule is Cn1cc(-c2cc(-c3cnn(C)c3)n(S(=O)(=O)c3ccc(Cl)cc3)n2)cn1. The van der Waals surface area contributed by atoms with Crippen molar-refractivity contribution in [3.63, 3.8) is 0 Å². The molecule has 0 aliphatic carbocycles. The van der Waals surface area contributed by atoms with Crippen LogP contribution in [0.3, 0.4) is 0 Å². The van der Waals surface area contributed by atoms with Crippen molar-refractivity contribution in [2.45, 2.75) is 4.90 Å². The molecule has 0 fully saturated rings. The number of benzene rings is 1. The maximum absolute atomic E-state index is 13.2. The van der Waals surface area contributed by atoms with Crippen LogP contribution in [0, 0.1) is 0 Å². The van der Waals surface area contributed by atoms with E-state index in [2.05, 4.69) is 15.3 Å². The second-order valence-electron chi connectivity index (χ2n) is 6.02. The van der Waals surface area contributed by atoms with Gasteiger partial charge in [0.2, 0.25) is 0 Å². The molecular formula is C17H15ClN6O2S. The Bertz CT molecular complexity index is 1220. The molecule has 0 aliphatic heterocycles. The van der Waals surface area contributed by atoms with E-state index in [9.17, 15) is 8.42 Å². The lowest BCUT2D eigenvalue weighted by Gasteiger charge is -2.07. The minimum Gasteiger partial charge on any atom is -0.275 e. The quantitative estimate of drug-likeness (QED) is 0.523. The van der Waals surface area contributed by atoms with E-state index in [-0.39, 0.29) is 4.90 Å². The van der Waals surface area contributed by atoms with Gasteiger partial charge in [-0.2, -0.15) is 27.8 Å². The van der Waals surface area contributed by atoms with Crippen molar-refractivity contribution in [2.75, 3.05) is 0 Å². The van der Waals surface area contributed by atoms with E-state index >= 15 is 0 Å². The third-order valence-corrected chi connectivity index (χ3v) is 5.87. The molecular weight excluding hydrogens is 388 g/mol. The van der Waals surface area contributed by atoms with E-state index in [4.69, 9.17) is 11.6 Å². The highest BCUT2D eigenvalue weighted by Crippen LogP contribution is 2.29. The largest absolute Gasteiger partial charge is 0.283 e. The molecule has 3 aromatic heterocycles. The Labute approximate surface area is 160 Å². The van der Waals surface area contributed by atoms with Gasteiger partial charge in [-0.05, 0) is 30.3 Å². The van der Waals surface area contributed by atoms with E-state index in [1.54, 1.807) is 54.3 Å². The molecule has 8 nitrogen and oxygen atoms in total. The molecule has 0 saturated carbocycles.